The summed E-state index contributed by atoms with van der Waals surface area (Å²) in [5, 5.41) is 16.0. The van der Waals surface area contributed by atoms with Crippen molar-refractivity contribution >= 4 is 11.7 Å². The van der Waals surface area contributed by atoms with Gasteiger partial charge < -0.3 is 20.3 Å². The van der Waals surface area contributed by atoms with Gasteiger partial charge in [-0.25, -0.2) is 4.79 Å². The van der Waals surface area contributed by atoms with E-state index in [1.54, 1.807) is 20.2 Å². The van der Waals surface area contributed by atoms with Crippen molar-refractivity contribution in [2.75, 3.05) is 11.9 Å². The van der Waals surface area contributed by atoms with Gasteiger partial charge in [0.15, 0.2) is 0 Å². The Hall–Kier alpha value is -1.82. The molecule has 0 unspecified atom stereocenters. The molecule has 0 radical (unpaired) electrons. The Kier molecular flexibility index (Phi) is 5.24. The summed E-state index contributed by atoms with van der Waals surface area (Å²) >= 11 is 0. The van der Waals surface area contributed by atoms with Crippen LogP contribution < -0.4 is 16.2 Å². The number of urea groups is 1. The highest BCUT2D eigenvalue weighted by molar-refractivity contribution is 5.89. The third-order valence-corrected chi connectivity index (χ3v) is 4.30. The standard InChI is InChI=1S/C16H25N3O3/c1-12-9-14(20)19(2)10-13(12)18-15(21)17-11-16(22)7-5-3-4-6-8-16/h9-10,22H,3-8,11H2,1-2H3,(H2,17,18,21). The Labute approximate surface area is 130 Å². The van der Waals surface area contributed by atoms with Gasteiger partial charge >= 0.3 is 6.03 Å². The van der Waals surface area contributed by atoms with Crippen LogP contribution in [0.1, 0.15) is 44.1 Å². The molecule has 0 aromatic carbocycles. The summed E-state index contributed by atoms with van der Waals surface area (Å²) in [6, 6.07) is 1.12. The zero-order chi connectivity index (χ0) is 16.2. The Bertz CT molecular complexity index is 587. The van der Waals surface area contributed by atoms with E-state index in [4.69, 9.17) is 0 Å². The minimum Gasteiger partial charge on any atom is -0.388 e. The fraction of sp³-hybridized carbons (Fsp3) is 0.625. The second kappa shape index (κ2) is 6.96. The van der Waals surface area contributed by atoms with Gasteiger partial charge in [-0.15, -0.1) is 0 Å². The molecular weight excluding hydrogens is 282 g/mol. The molecule has 0 bridgehead atoms. The molecule has 122 valence electrons. The van der Waals surface area contributed by atoms with Crippen molar-refractivity contribution in [1.29, 1.82) is 0 Å². The highest BCUT2D eigenvalue weighted by Crippen LogP contribution is 2.26. The van der Waals surface area contributed by atoms with Crippen LogP contribution in [-0.2, 0) is 7.05 Å². The van der Waals surface area contributed by atoms with E-state index >= 15 is 0 Å². The topological polar surface area (TPSA) is 83.4 Å². The van der Waals surface area contributed by atoms with Gasteiger partial charge in [-0.05, 0) is 25.3 Å². The molecule has 2 amide bonds. The van der Waals surface area contributed by atoms with E-state index in [0.29, 0.717) is 11.3 Å². The normalized spacial score (nSPS) is 17.6. The van der Waals surface area contributed by atoms with Gasteiger partial charge in [-0.2, -0.15) is 0 Å². The van der Waals surface area contributed by atoms with E-state index in [-0.39, 0.29) is 18.1 Å². The number of aliphatic hydroxyl groups is 1. The Balaban J connectivity index is 1.93. The molecule has 1 saturated carbocycles. The second-order valence-electron chi connectivity index (χ2n) is 6.27. The van der Waals surface area contributed by atoms with Gasteiger partial charge in [0.05, 0.1) is 11.3 Å². The number of rotatable bonds is 3. The molecule has 1 aromatic heterocycles. The molecule has 22 heavy (non-hydrogen) atoms. The van der Waals surface area contributed by atoms with E-state index < -0.39 is 5.60 Å². The number of anilines is 1. The number of hydrogen-bond donors (Lipinski definition) is 3. The van der Waals surface area contributed by atoms with Crippen LogP contribution in [0.2, 0.25) is 0 Å². The fourth-order valence-electron chi connectivity index (χ4n) is 2.83. The van der Waals surface area contributed by atoms with Crippen LogP contribution in [0.4, 0.5) is 10.5 Å². The highest BCUT2D eigenvalue weighted by Gasteiger charge is 2.28. The average molecular weight is 307 g/mol. The molecule has 1 aliphatic carbocycles. The molecule has 0 spiro atoms. The highest BCUT2D eigenvalue weighted by atomic mass is 16.3. The van der Waals surface area contributed by atoms with E-state index in [0.717, 1.165) is 38.5 Å². The van der Waals surface area contributed by atoms with Crippen molar-refractivity contribution in [1.82, 2.24) is 9.88 Å². The first-order chi connectivity index (χ1) is 10.4. The first kappa shape index (κ1) is 16.5. The molecule has 0 aliphatic heterocycles. The fourth-order valence-corrected chi connectivity index (χ4v) is 2.83. The molecule has 1 aliphatic rings. The van der Waals surface area contributed by atoms with Gasteiger partial charge in [-0.3, -0.25) is 4.79 Å². The van der Waals surface area contributed by atoms with Crippen molar-refractivity contribution in [2.24, 2.45) is 7.05 Å². The van der Waals surface area contributed by atoms with Crippen LogP contribution in [0.5, 0.6) is 0 Å². The smallest absolute Gasteiger partial charge is 0.319 e. The largest absolute Gasteiger partial charge is 0.388 e. The summed E-state index contributed by atoms with van der Waals surface area (Å²) in [7, 11) is 1.64. The van der Waals surface area contributed by atoms with Gasteiger partial charge in [0, 0.05) is 25.9 Å². The average Bonchev–Trinajstić information content (AvgIpc) is 2.68. The summed E-state index contributed by atoms with van der Waals surface area (Å²) < 4.78 is 1.42. The van der Waals surface area contributed by atoms with Crippen LogP contribution in [0.25, 0.3) is 0 Å². The lowest BCUT2D eigenvalue weighted by atomic mass is 9.95. The lowest BCUT2D eigenvalue weighted by molar-refractivity contribution is 0.0281. The molecule has 0 atom stereocenters. The first-order valence-electron chi connectivity index (χ1n) is 7.84. The minimum absolute atomic E-state index is 0.115. The predicted molar refractivity (Wildman–Crippen MR) is 86.1 cm³/mol. The van der Waals surface area contributed by atoms with E-state index in [1.165, 1.54) is 10.6 Å². The first-order valence-corrected chi connectivity index (χ1v) is 7.84. The third kappa shape index (κ3) is 4.34. The maximum Gasteiger partial charge on any atom is 0.319 e. The number of nitrogens with zero attached hydrogens (tertiary/aromatic N) is 1. The lowest BCUT2D eigenvalue weighted by Gasteiger charge is -2.26. The quantitative estimate of drug-likeness (QED) is 0.746. The Morgan fingerprint density at radius 2 is 1.95 bits per heavy atom. The molecule has 1 aromatic rings. The van der Waals surface area contributed by atoms with Gasteiger partial charge in [0.25, 0.3) is 5.56 Å². The number of aryl methyl sites for hydroxylation is 2. The lowest BCUT2D eigenvalue weighted by Crippen LogP contribution is -2.44. The van der Waals surface area contributed by atoms with Gasteiger partial charge in [0.2, 0.25) is 0 Å². The Morgan fingerprint density at radius 1 is 1.32 bits per heavy atom. The van der Waals surface area contributed by atoms with Crippen molar-refractivity contribution in [3.8, 4) is 0 Å². The van der Waals surface area contributed by atoms with E-state index in [9.17, 15) is 14.7 Å². The number of carbonyl (C=O) groups excluding carboxylic acids is 1. The number of amides is 2. The van der Waals surface area contributed by atoms with Crippen molar-refractivity contribution in [3.05, 3.63) is 28.2 Å². The number of aromatic nitrogens is 1. The number of carbonyl (C=O) groups is 1. The monoisotopic (exact) mass is 307 g/mol. The van der Waals surface area contributed by atoms with Gasteiger partial charge in [0.1, 0.15) is 0 Å². The molecule has 1 fully saturated rings. The third-order valence-electron chi connectivity index (χ3n) is 4.30. The van der Waals surface area contributed by atoms with Crippen molar-refractivity contribution < 1.29 is 9.90 Å². The molecule has 0 saturated heterocycles. The summed E-state index contributed by atoms with van der Waals surface area (Å²) in [6.45, 7) is 2.03. The maximum absolute atomic E-state index is 12.0. The van der Waals surface area contributed by atoms with Crippen LogP contribution >= 0.6 is 0 Å². The Morgan fingerprint density at radius 3 is 2.59 bits per heavy atom. The second-order valence-corrected chi connectivity index (χ2v) is 6.27. The van der Waals surface area contributed by atoms with E-state index in [1.807, 2.05) is 0 Å². The minimum atomic E-state index is -0.799. The number of pyridine rings is 1. The maximum atomic E-state index is 12.0. The summed E-state index contributed by atoms with van der Waals surface area (Å²) in [4.78, 5) is 23.5. The molecular formula is C16H25N3O3. The van der Waals surface area contributed by atoms with Crippen LogP contribution in [0.15, 0.2) is 17.1 Å². The van der Waals surface area contributed by atoms with Crippen LogP contribution in [0.3, 0.4) is 0 Å². The van der Waals surface area contributed by atoms with Crippen LogP contribution in [-0.4, -0.2) is 27.9 Å². The predicted octanol–water partition coefficient (Wildman–Crippen LogP) is 1.90. The molecule has 6 heteroatoms. The number of nitrogens with one attached hydrogen (secondary N) is 2. The SMILES string of the molecule is Cc1cc(=O)n(C)cc1NC(=O)NCC1(O)CCCCCC1. The van der Waals surface area contributed by atoms with Crippen molar-refractivity contribution in [2.45, 2.75) is 51.0 Å². The number of hydrogen-bond acceptors (Lipinski definition) is 3. The zero-order valence-electron chi connectivity index (χ0n) is 13.3. The zero-order valence-corrected chi connectivity index (χ0v) is 13.3. The van der Waals surface area contributed by atoms with E-state index in [2.05, 4.69) is 10.6 Å². The summed E-state index contributed by atoms with van der Waals surface area (Å²) in [5.41, 5.74) is 0.391. The summed E-state index contributed by atoms with van der Waals surface area (Å²) in [5.74, 6) is 0. The van der Waals surface area contributed by atoms with Gasteiger partial charge in [-0.1, -0.05) is 25.7 Å². The molecule has 2 rings (SSSR count). The molecule has 3 N–H and O–H groups in total. The molecule has 1 heterocycles. The van der Waals surface area contributed by atoms with Crippen molar-refractivity contribution in [3.63, 3.8) is 0 Å². The van der Waals surface area contributed by atoms with Crippen LogP contribution in [0, 0.1) is 6.92 Å². The molecule has 6 nitrogen and oxygen atoms in total. The summed E-state index contributed by atoms with van der Waals surface area (Å²) in [6.07, 6.45) is 7.34.